The van der Waals surface area contributed by atoms with Gasteiger partial charge in [-0.3, -0.25) is 0 Å². The first-order valence-electron chi connectivity index (χ1n) is 7.37. The molecule has 0 aromatic carbocycles. The van der Waals surface area contributed by atoms with Crippen LogP contribution in [0, 0.1) is 0 Å². The highest BCUT2D eigenvalue weighted by atomic mass is 32.2. The first kappa shape index (κ1) is 15.4. The van der Waals surface area contributed by atoms with Crippen LogP contribution in [0.5, 0.6) is 0 Å². The van der Waals surface area contributed by atoms with Crippen LogP contribution in [-0.4, -0.2) is 33.3 Å². The van der Waals surface area contributed by atoms with Crippen molar-refractivity contribution in [2.45, 2.75) is 42.9 Å². The number of nitrogens with zero attached hydrogens (tertiary/aromatic N) is 2. The van der Waals surface area contributed by atoms with Gasteiger partial charge in [-0.1, -0.05) is 20.8 Å². The molecule has 0 bridgehead atoms. The summed E-state index contributed by atoms with van der Waals surface area (Å²) in [5.41, 5.74) is 0. The van der Waals surface area contributed by atoms with Crippen LogP contribution in [0.2, 0.25) is 0 Å². The number of anilines is 1. The Morgan fingerprint density at radius 3 is 2.76 bits per heavy atom. The second kappa shape index (κ2) is 6.34. The minimum atomic E-state index is 0.407. The summed E-state index contributed by atoms with van der Waals surface area (Å²) in [6, 6.07) is 2.23. The maximum Gasteiger partial charge on any atom is 0.146 e. The number of thiophene rings is 1. The van der Waals surface area contributed by atoms with E-state index in [9.17, 15) is 0 Å². The number of hydrogen-bond acceptors (Lipinski definition) is 6. The SMILES string of the molecule is CCc1cc2c(NC)nc(C3CSC(C)C(C)S3)nc2s1. The first-order valence-corrected chi connectivity index (χ1v) is 10.2. The molecule has 1 saturated heterocycles. The highest BCUT2D eigenvalue weighted by Gasteiger charge is 2.29. The lowest BCUT2D eigenvalue weighted by atomic mass is 10.3. The topological polar surface area (TPSA) is 37.8 Å². The summed E-state index contributed by atoms with van der Waals surface area (Å²) in [4.78, 5) is 12.2. The molecule has 3 heterocycles. The van der Waals surface area contributed by atoms with Crippen LogP contribution in [0.25, 0.3) is 10.2 Å². The van der Waals surface area contributed by atoms with Gasteiger partial charge in [0, 0.05) is 28.2 Å². The van der Waals surface area contributed by atoms with Gasteiger partial charge in [0.05, 0.1) is 10.6 Å². The molecule has 114 valence electrons. The molecule has 21 heavy (non-hydrogen) atoms. The molecule has 0 amide bonds. The largest absolute Gasteiger partial charge is 0.372 e. The molecular formula is C15H21N3S3. The Bertz CT molecular complexity index is 640. The van der Waals surface area contributed by atoms with Crippen LogP contribution in [0.1, 0.15) is 36.7 Å². The number of nitrogens with one attached hydrogen (secondary N) is 1. The van der Waals surface area contributed by atoms with Crippen molar-refractivity contribution >= 4 is 50.9 Å². The van der Waals surface area contributed by atoms with Crippen molar-refractivity contribution in [1.29, 1.82) is 0 Å². The normalized spacial score (nSPS) is 26.2. The lowest BCUT2D eigenvalue weighted by Gasteiger charge is -2.30. The van der Waals surface area contributed by atoms with Crippen molar-refractivity contribution in [2.75, 3.05) is 18.1 Å². The zero-order valence-electron chi connectivity index (χ0n) is 12.8. The number of fused-ring (bicyclic) bond motifs is 1. The Kier molecular flexibility index (Phi) is 4.66. The summed E-state index contributed by atoms with van der Waals surface area (Å²) in [6.07, 6.45) is 1.06. The molecule has 0 aliphatic carbocycles. The molecule has 6 heteroatoms. The number of hydrogen-bond donors (Lipinski definition) is 1. The van der Waals surface area contributed by atoms with E-state index >= 15 is 0 Å². The molecule has 3 unspecified atom stereocenters. The van der Waals surface area contributed by atoms with E-state index in [1.54, 1.807) is 11.3 Å². The van der Waals surface area contributed by atoms with E-state index in [0.29, 0.717) is 15.7 Å². The molecule has 1 N–H and O–H groups in total. The third-order valence-corrected chi connectivity index (χ3v) is 8.44. The van der Waals surface area contributed by atoms with Crippen molar-refractivity contribution in [3.63, 3.8) is 0 Å². The fourth-order valence-corrected chi connectivity index (χ4v) is 6.23. The molecule has 1 fully saturated rings. The van der Waals surface area contributed by atoms with E-state index in [-0.39, 0.29) is 0 Å². The van der Waals surface area contributed by atoms with E-state index in [1.807, 2.05) is 30.6 Å². The fourth-order valence-electron chi connectivity index (χ4n) is 2.42. The molecule has 3 atom stereocenters. The summed E-state index contributed by atoms with van der Waals surface area (Å²) < 4.78 is 0. The highest BCUT2D eigenvalue weighted by Crippen LogP contribution is 2.44. The lowest BCUT2D eigenvalue weighted by Crippen LogP contribution is -2.23. The first-order chi connectivity index (χ1) is 10.1. The van der Waals surface area contributed by atoms with Crippen LogP contribution in [0.4, 0.5) is 5.82 Å². The zero-order chi connectivity index (χ0) is 15.0. The van der Waals surface area contributed by atoms with Gasteiger partial charge >= 0.3 is 0 Å². The van der Waals surface area contributed by atoms with Crippen LogP contribution >= 0.6 is 34.9 Å². The van der Waals surface area contributed by atoms with E-state index in [0.717, 1.165) is 34.0 Å². The molecule has 2 aromatic rings. The predicted octanol–water partition coefficient (Wildman–Crippen LogP) is 4.59. The molecule has 1 aliphatic rings. The Labute approximate surface area is 138 Å². The summed E-state index contributed by atoms with van der Waals surface area (Å²) in [7, 11) is 1.95. The van der Waals surface area contributed by atoms with Gasteiger partial charge in [-0.05, 0) is 12.5 Å². The van der Waals surface area contributed by atoms with Gasteiger partial charge < -0.3 is 5.32 Å². The van der Waals surface area contributed by atoms with Gasteiger partial charge in [0.25, 0.3) is 0 Å². The minimum Gasteiger partial charge on any atom is -0.372 e. The van der Waals surface area contributed by atoms with Gasteiger partial charge in [-0.25, -0.2) is 9.97 Å². The molecule has 3 nitrogen and oxygen atoms in total. The van der Waals surface area contributed by atoms with E-state index in [4.69, 9.17) is 9.97 Å². The number of aromatic nitrogens is 2. The molecule has 3 rings (SSSR count). The van der Waals surface area contributed by atoms with Crippen LogP contribution in [0.15, 0.2) is 6.07 Å². The van der Waals surface area contributed by atoms with Gasteiger partial charge in [0.2, 0.25) is 0 Å². The molecule has 1 aliphatic heterocycles. The van der Waals surface area contributed by atoms with Gasteiger partial charge in [-0.2, -0.15) is 11.8 Å². The molecule has 0 saturated carbocycles. The second-order valence-electron chi connectivity index (χ2n) is 5.33. The second-order valence-corrected chi connectivity index (χ2v) is 9.44. The number of aryl methyl sites for hydroxylation is 1. The number of thioether (sulfide) groups is 2. The van der Waals surface area contributed by atoms with Crippen LogP contribution < -0.4 is 5.32 Å². The van der Waals surface area contributed by atoms with Crippen LogP contribution in [0.3, 0.4) is 0 Å². The summed E-state index contributed by atoms with van der Waals surface area (Å²) in [6.45, 7) is 6.82. The van der Waals surface area contributed by atoms with Gasteiger partial charge in [-0.15, -0.1) is 23.1 Å². The smallest absolute Gasteiger partial charge is 0.146 e. The van der Waals surface area contributed by atoms with Crippen molar-refractivity contribution in [3.05, 3.63) is 16.8 Å². The minimum absolute atomic E-state index is 0.407. The van der Waals surface area contributed by atoms with Crippen LogP contribution in [-0.2, 0) is 6.42 Å². The Hall–Kier alpha value is -0.460. The summed E-state index contributed by atoms with van der Waals surface area (Å²) in [5, 5.41) is 6.19. The van der Waals surface area contributed by atoms with E-state index < -0.39 is 0 Å². The molecule has 2 aromatic heterocycles. The fraction of sp³-hybridized carbons (Fsp3) is 0.600. The standard InChI is InChI=1S/C15H21N3S3/c1-5-10-6-11-13(16-4)17-14(18-15(11)21-10)12-7-19-8(2)9(3)20-12/h6,8-9,12H,5,7H2,1-4H3,(H,16,17,18). The molecule has 0 spiro atoms. The Morgan fingerprint density at radius 1 is 1.29 bits per heavy atom. The zero-order valence-corrected chi connectivity index (χ0v) is 15.3. The molecule has 0 radical (unpaired) electrons. The van der Waals surface area contributed by atoms with Gasteiger partial charge in [0.1, 0.15) is 16.5 Å². The van der Waals surface area contributed by atoms with Gasteiger partial charge in [0.15, 0.2) is 0 Å². The Balaban J connectivity index is 1.99. The van der Waals surface area contributed by atoms with Crippen molar-refractivity contribution in [1.82, 2.24) is 9.97 Å². The molecular weight excluding hydrogens is 318 g/mol. The maximum absolute atomic E-state index is 4.87. The van der Waals surface area contributed by atoms with E-state index in [2.05, 4.69) is 32.2 Å². The predicted molar refractivity (Wildman–Crippen MR) is 98.1 cm³/mol. The third kappa shape index (κ3) is 3.03. The van der Waals surface area contributed by atoms with Crippen molar-refractivity contribution in [2.24, 2.45) is 0 Å². The average molecular weight is 340 g/mol. The summed E-state index contributed by atoms with van der Waals surface area (Å²) in [5.74, 6) is 3.08. The lowest BCUT2D eigenvalue weighted by molar-refractivity contribution is 0.867. The Morgan fingerprint density at radius 2 is 2.10 bits per heavy atom. The summed E-state index contributed by atoms with van der Waals surface area (Å²) >= 11 is 5.86. The third-order valence-electron chi connectivity index (χ3n) is 3.88. The quantitative estimate of drug-likeness (QED) is 0.885. The van der Waals surface area contributed by atoms with Crippen molar-refractivity contribution < 1.29 is 0 Å². The van der Waals surface area contributed by atoms with E-state index in [1.165, 1.54) is 4.88 Å². The average Bonchev–Trinajstić information content (AvgIpc) is 2.92. The maximum atomic E-state index is 4.87. The number of rotatable bonds is 3. The monoisotopic (exact) mass is 339 g/mol. The highest BCUT2D eigenvalue weighted by molar-refractivity contribution is 8.07. The van der Waals surface area contributed by atoms with Crippen molar-refractivity contribution in [3.8, 4) is 0 Å².